The lowest BCUT2D eigenvalue weighted by molar-refractivity contribution is 0.109. The van der Waals surface area contributed by atoms with Gasteiger partial charge in [0.15, 0.2) is 0 Å². The molecule has 1 aliphatic carbocycles. The Morgan fingerprint density at radius 1 is 1.09 bits per heavy atom. The molecule has 1 saturated heterocycles. The first-order chi connectivity index (χ1) is 11.4. The molecule has 0 radical (unpaired) electrons. The van der Waals surface area contributed by atoms with Gasteiger partial charge in [-0.15, -0.1) is 0 Å². The van der Waals surface area contributed by atoms with E-state index in [9.17, 15) is 0 Å². The second-order valence-electron chi connectivity index (χ2n) is 5.63. The highest BCUT2D eigenvalue weighted by molar-refractivity contribution is 6.08. The first-order valence-electron chi connectivity index (χ1n) is 8.38. The molecular weight excluding hydrogens is 288 g/mol. The smallest absolute Gasteiger partial charge is 0.114 e. The van der Waals surface area contributed by atoms with Crippen LogP contribution in [-0.4, -0.2) is 38.6 Å². The molecule has 2 aliphatic rings. The van der Waals surface area contributed by atoms with Gasteiger partial charge in [-0.1, -0.05) is 41.6 Å². The molecule has 0 saturated carbocycles. The van der Waals surface area contributed by atoms with Gasteiger partial charge in [0.25, 0.3) is 0 Å². The Kier molecular flexibility index (Phi) is 5.61. The van der Waals surface area contributed by atoms with Crippen LogP contribution in [0.5, 0.6) is 0 Å². The molecule has 0 aromatic heterocycles. The van der Waals surface area contributed by atoms with Crippen molar-refractivity contribution in [2.24, 2.45) is 5.16 Å². The SMILES string of the molecule is C1COCCN1.CCON=C1CCc2c1ccc1ccccc21. The number of benzene rings is 2. The van der Waals surface area contributed by atoms with Crippen molar-refractivity contribution in [2.45, 2.75) is 19.8 Å². The molecule has 0 bridgehead atoms. The maximum Gasteiger partial charge on any atom is 0.114 e. The largest absolute Gasteiger partial charge is 0.396 e. The van der Waals surface area contributed by atoms with Gasteiger partial charge in [0.05, 0.1) is 18.9 Å². The molecule has 1 aliphatic heterocycles. The summed E-state index contributed by atoms with van der Waals surface area (Å²) in [5.74, 6) is 0. The van der Waals surface area contributed by atoms with Crippen LogP contribution in [0.4, 0.5) is 0 Å². The minimum atomic E-state index is 0.631. The van der Waals surface area contributed by atoms with Crippen LogP contribution in [0, 0.1) is 0 Å². The molecule has 1 heterocycles. The molecule has 1 N–H and O–H groups in total. The summed E-state index contributed by atoms with van der Waals surface area (Å²) in [6, 6.07) is 12.9. The highest BCUT2D eigenvalue weighted by Crippen LogP contribution is 2.30. The number of fused-ring (bicyclic) bond motifs is 3. The summed E-state index contributed by atoms with van der Waals surface area (Å²) in [6.45, 7) is 6.42. The molecule has 4 rings (SSSR count). The molecular formula is C19H24N2O2. The van der Waals surface area contributed by atoms with Gasteiger partial charge in [-0.2, -0.15) is 0 Å². The Morgan fingerprint density at radius 3 is 2.61 bits per heavy atom. The summed E-state index contributed by atoms with van der Waals surface area (Å²) in [5.41, 5.74) is 3.77. The highest BCUT2D eigenvalue weighted by atomic mass is 16.6. The molecule has 2 aromatic carbocycles. The lowest BCUT2D eigenvalue weighted by atomic mass is 10.0. The van der Waals surface area contributed by atoms with Crippen molar-refractivity contribution in [3.63, 3.8) is 0 Å². The van der Waals surface area contributed by atoms with Crippen molar-refractivity contribution in [2.75, 3.05) is 32.9 Å². The van der Waals surface area contributed by atoms with E-state index in [-0.39, 0.29) is 0 Å². The number of hydrogen-bond donors (Lipinski definition) is 1. The Morgan fingerprint density at radius 2 is 1.91 bits per heavy atom. The minimum Gasteiger partial charge on any atom is -0.396 e. The summed E-state index contributed by atoms with van der Waals surface area (Å²) in [7, 11) is 0. The first-order valence-corrected chi connectivity index (χ1v) is 8.38. The number of oxime groups is 1. The Labute approximate surface area is 137 Å². The van der Waals surface area contributed by atoms with E-state index in [0.717, 1.165) is 44.9 Å². The van der Waals surface area contributed by atoms with E-state index in [4.69, 9.17) is 9.57 Å². The molecule has 0 unspecified atom stereocenters. The lowest BCUT2D eigenvalue weighted by Gasteiger charge is -2.10. The topological polar surface area (TPSA) is 42.8 Å². The van der Waals surface area contributed by atoms with Crippen molar-refractivity contribution in [1.82, 2.24) is 5.32 Å². The van der Waals surface area contributed by atoms with Gasteiger partial charge >= 0.3 is 0 Å². The predicted octanol–water partition coefficient (Wildman–Crippen LogP) is 3.13. The standard InChI is InChI=1S/C15H15NO.C4H9NO/c1-2-17-16-15-10-9-13-12-6-4-3-5-11(12)7-8-14(13)15;1-3-6-4-2-5-1/h3-8H,2,9-10H2,1H3;5H,1-4H2. The Balaban J connectivity index is 0.000000220. The van der Waals surface area contributed by atoms with Crippen molar-refractivity contribution in [1.29, 1.82) is 0 Å². The third-order valence-electron chi connectivity index (χ3n) is 4.11. The van der Waals surface area contributed by atoms with Crippen LogP contribution in [0.25, 0.3) is 10.8 Å². The average Bonchev–Trinajstić information content (AvgIpc) is 3.05. The zero-order valence-electron chi connectivity index (χ0n) is 13.7. The average molecular weight is 312 g/mol. The normalized spacial score (nSPS) is 18.4. The van der Waals surface area contributed by atoms with Crippen LogP contribution in [0.2, 0.25) is 0 Å². The molecule has 4 nitrogen and oxygen atoms in total. The predicted molar refractivity (Wildman–Crippen MR) is 94.1 cm³/mol. The van der Waals surface area contributed by atoms with E-state index < -0.39 is 0 Å². The maximum absolute atomic E-state index is 5.17. The van der Waals surface area contributed by atoms with Crippen molar-refractivity contribution in [3.05, 3.63) is 47.5 Å². The van der Waals surface area contributed by atoms with Gasteiger partial charge in [-0.05, 0) is 36.1 Å². The fourth-order valence-electron chi connectivity index (χ4n) is 3.01. The number of hydrogen-bond acceptors (Lipinski definition) is 4. The van der Waals surface area contributed by atoms with Gasteiger partial charge in [-0.3, -0.25) is 0 Å². The molecule has 23 heavy (non-hydrogen) atoms. The third kappa shape index (κ3) is 3.89. The van der Waals surface area contributed by atoms with Crippen LogP contribution in [0.3, 0.4) is 0 Å². The number of aryl methyl sites for hydroxylation is 1. The second-order valence-corrected chi connectivity index (χ2v) is 5.63. The summed E-state index contributed by atoms with van der Waals surface area (Å²) >= 11 is 0. The van der Waals surface area contributed by atoms with Crippen LogP contribution in [-0.2, 0) is 16.0 Å². The van der Waals surface area contributed by atoms with Crippen LogP contribution in [0.1, 0.15) is 24.5 Å². The molecule has 0 atom stereocenters. The summed E-state index contributed by atoms with van der Waals surface area (Å²) in [6.07, 6.45) is 2.06. The van der Waals surface area contributed by atoms with Crippen LogP contribution in [0.15, 0.2) is 41.6 Å². The Bertz CT molecular complexity index is 667. The zero-order chi connectivity index (χ0) is 15.9. The van der Waals surface area contributed by atoms with Gasteiger partial charge in [0.1, 0.15) is 6.61 Å². The van der Waals surface area contributed by atoms with E-state index in [1.807, 2.05) is 6.92 Å². The second kappa shape index (κ2) is 8.09. The first kappa shape index (κ1) is 16.0. The van der Waals surface area contributed by atoms with E-state index in [1.165, 1.54) is 21.9 Å². The monoisotopic (exact) mass is 312 g/mol. The molecule has 0 amide bonds. The van der Waals surface area contributed by atoms with Crippen LogP contribution >= 0.6 is 0 Å². The number of morpholine rings is 1. The number of nitrogens with zero attached hydrogens (tertiary/aromatic N) is 1. The fourth-order valence-corrected chi connectivity index (χ4v) is 3.01. The van der Waals surface area contributed by atoms with Gasteiger partial charge in [0, 0.05) is 18.7 Å². The molecule has 122 valence electrons. The number of rotatable bonds is 2. The molecule has 2 aromatic rings. The summed E-state index contributed by atoms with van der Waals surface area (Å²) < 4.78 is 5.01. The van der Waals surface area contributed by atoms with E-state index >= 15 is 0 Å². The van der Waals surface area contributed by atoms with Crippen molar-refractivity contribution < 1.29 is 9.57 Å². The van der Waals surface area contributed by atoms with Gasteiger partial charge < -0.3 is 14.9 Å². The minimum absolute atomic E-state index is 0.631. The fraction of sp³-hybridized carbons (Fsp3) is 0.421. The summed E-state index contributed by atoms with van der Waals surface area (Å²) in [4.78, 5) is 5.17. The highest BCUT2D eigenvalue weighted by Gasteiger charge is 2.20. The number of nitrogens with one attached hydrogen (secondary N) is 1. The third-order valence-corrected chi connectivity index (χ3v) is 4.11. The zero-order valence-corrected chi connectivity index (χ0v) is 13.7. The van der Waals surface area contributed by atoms with Crippen molar-refractivity contribution >= 4 is 16.5 Å². The molecule has 0 spiro atoms. The van der Waals surface area contributed by atoms with E-state index in [2.05, 4.69) is 46.9 Å². The quantitative estimate of drug-likeness (QED) is 0.866. The number of ether oxygens (including phenoxy) is 1. The summed E-state index contributed by atoms with van der Waals surface area (Å²) in [5, 5.41) is 10.0. The Hall–Kier alpha value is -1.91. The molecule has 4 heteroatoms. The maximum atomic E-state index is 5.17. The lowest BCUT2D eigenvalue weighted by Crippen LogP contribution is -2.30. The van der Waals surface area contributed by atoms with E-state index in [0.29, 0.717) is 6.61 Å². The van der Waals surface area contributed by atoms with Gasteiger partial charge in [-0.25, -0.2) is 0 Å². The van der Waals surface area contributed by atoms with Crippen molar-refractivity contribution in [3.8, 4) is 0 Å². The van der Waals surface area contributed by atoms with E-state index in [1.54, 1.807) is 0 Å². The molecule has 1 fully saturated rings. The van der Waals surface area contributed by atoms with Crippen LogP contribution < -0.4 is 5.32 Å². The van der Waals surface area contributed by atoms with Gasteiger partial charge in [0.2, 0.25) is 0 Å².